The fourth-order valence-electron chi connectivity index (χ4n) is 1.92. The molecule has 0 saturated heterocycles. The van der Waals surface area contributed by atoms with Crippen molar-refractivity contribution in [2.24, 2.45) is 5.92 Å². The zero-order valence-corrected chi connectivity index (χ0v) is 12.8. The summed E-state index contributed by atoms with van der Waals surface area (Å²) in [6.45, 7) is 0. The minimum absolute atomic E-state index is 0.0156. The van der Waals surface area contributed by atoms with Gasteiger partial charge in [0.05, 0.1) is 0 Å². The van der Waals surface area contributed by atoms with E-state index >= 15 is 0 Å². The van der Waals surface area contributed by atoms with E-state index in [-0.39, 0.29) is 23.4 Å². The van der Waals surface area contributed by atoms with E-state index in [4.69, 9.17) is 0 Å². The lowest BCUT2D eigenvalue weighted by Gasteiger charge is -1.98. The predicted octanol–water partition coefficient (Wildman–Crippen LogP) is 2.08. The molecule has 1 aliphatic rings. The molecule has 0 unspecified atom stereocenters. The van der Waals surface area contributed by atoms with Gasteiger partial charge in [-0.1, -0.05) is 11.3 Å². The normalized spacial score (nSPS) is 14.2. The summed E-state index contributed by atoms with van der Waals surface area (Å²) in [4.78, 5) is 32.2. The van der Waals surface area contributed by atoms with Gasteiger partial charge in [0.25, 0.3) is 5.91 Å². The van der Waals surface area contributed by atoms with Gasteiger partial charge < -0.3 is 5.32 Å². The zero-order valence-electron chi connectivity index (χ0n) is 11.1. The van der Waals surface area contributed by atoms with Gasteiger partial charge in [-0.05, 0) is 12.8 Å². The summed E-state index contributed by atoms with van der Waals surface area (Å²) in [5, 5.41) is 14.9. The molecule has 0 spiro atoms. The van der Waals surface area contributed by atoms with Crippen LogP contribution in [0.4, 0.5) is 10.3 Å². The topological polar surface area (TPSA) is 113 Å². The predicted molar refractivity (Wildman–Crippen MR) is 83.2 cm³/mol. The Bertz CT molecular complexity index is 848. The number of H-pyrrole nitrogens is 1. The van der Waals surface area contributed by atoms with Crippen LogP contribution in [0.3, 0.4) is 0 Å². The number of amides is 2. The zero-order chi connectivity index (χ0) is 15.1. The van der Waals surface area contributed by atoms with Crippen LogP contribution in [0, 0.1) is 5.92 Å². The Morgan fingerprint density at radius 3 is 2.86 bits per heavy atom. The Balaban J connectivity index is 1.57. The lowest BCUT2D eigenvalue weighted by atomic mass is 10.4. The number of aromatic nitrogens is 4. The maximum Gasteiger partial charge on any atom is 0.279 e. The van der Waals surface area contributed by atoms with Gasteiger partial charge in [-0.25, -0.2) is 9.97 Å². The Morgan fingerprint density at radius 2 is 2.14 bits per heavy atom. The van der Waals surface area contributed by atoms with E-state index in [1.165, 1.54) is 22.7 Å². The third kappa shape index (κ3) is 2.46. The van der Waals surface area contributed by atoms with Crippen molar-refractivity contribution in [1.29, 1.82) is 0 Å². The second kappa shape index (κ2) is 5.14. The molecule has 0 atom stereocenters. The molecule has 3 N–H and O–H groups in total. The molecule has 3 aromatic heterocycles. The molecule has 0 aromatic carbocycles. The third-order valence-corrected chi connectivity index (χ3v) is 4.83. The number of fused-ring (bicyclic) bond motifs is 1. The first kappa shape index (κ1) is 13.3. The van der Waals surface area contributed by atoms with Gasteiger partial charge in [0.2, 0.25) is 5.91 Å². The van der Waals surface area contributed by atoms with Crippen molar-refractivity contribution in [3.63, 3.8) is 0 Å². The average molecular weight is 334 g/mol. The first-order valence-corrected chi connectivity index (χ1v) is 8.27. The molecule has 4 rings (SSSR count). The third-order valence-electron chi connectivity index (χ3n) is 3.16. The van der Waals surface area contributed by atoms with Crippen molar-refractivity contribution < 1.29 is 9.59 Å². The van der Waals surface area contributed by atoms with Crippen LogP contribution in [-0.4, -0.2) is 32.0 Å². The van der Waals surface area contributed by atoms with Crippen molar-refractivity contribution in [2.45, 2.75) is 12.8 Å². The van der Waals surface area contributed by atoms with Crippen LogP contribution < -0.4 is 10.6 Å². The number of aromatic amines is 1. The van der Waals surface area contributed by atoms with Crippen molar-refractivity contribution >= 4 is 55.1 Å². The lowest BCUT2D eigenvalue weighted by Crippen LogP contribution is -2.13. The molecule has 8 nitrogen and oxygen atoms in total. The molecule has 10 heteroatoms. The highest BCUT2D eigenvalue weighted by Gasteiger charge is 2.30. The molecule has 1 fully saturated rings. The molecule has 3 aromatic rings. The number of thiazole rings is 2. The molecule has 22 heavy (non-hydrogen) atoms. The van der Waals surface area contributed by atoms with Crippen molar-refractivity contribution in [1.82, 2.24) is 20.2 Å². The maximum absolute atomic E-state index is 12.2. The molecular weight excluding hydrogens is 324 g/mol. The van der Waals surface area contributed by atoms with Crippen molar-refractivity contribution in [3.8, 4) is 0 Å². The fraction of sp³-hybridized carbons (Fsp3) is 0.250. The van der Waals surface area contributed by atoms with Crippen LogP contribution in [0.25, 0.3) is 10.3 Å². The minimum atomic E-state index is -0.357. The quantitative estimate of drug-likeness (QED) is 0.676. The van der Waals surface area contributed by atoms with E-state index in [1.807, 2.05) is 0 Å². The van der Waals surface area contributed by atoms with Gasteiger partial charge in [-0.3, -0.25) is 20.0 Å². The van der Waals surface area contributed by atoms with E-state index in [1.54, 1.807) is 11.6 Å². The summed E-state index contributed by atoms with van der Waals surface area (Å²) in [6.07, 6.45) is 3.47. The van der Waals surface area contributed by atoms with Gasteiger partial charge in [0.15, 0.2) is 21.6 Å². The van der Waals surface area contributed by atoms with Crippen LogP contribution in [0.2, 0.25) is 0 Å². The highest BCUT2D eigenvalue weighted by molar-refractivity contribution is 7.22. The minimum Gasteiger partial charge on any atom is -0.302 e. The van der Waals surface area contributed by atoms with Crippen LogP contribution in [0.15, 0.2) is 11.6 Å². The van der Waals surface area contributed by atoms with Gasteiger partial charge in [-0.15, -0.1) is 11.3 Å². The summed E-state index contributed by atoms with van der Waals surface area (Å²) in [7, 11) is 0. The Labute approximate surface area is 132 Å². The SMILES string of the molecule is O=C(Nc1nccs1)c1n[nH]c2nc(NC(=O)C3CC3)sc12. The summed E-state index contributed by atoms with van der Waals surface area (Å²) in [6, 6.07) is 0. The Morgan fingerprint density at radius 1 is 1.27 bits per heavy atom. The van der Waals surface area contributed by atoms with Crippen LogP contribution in [0.5, 0.6) is 0 Å². The van der Waals surface area contributed by atoms with Gasteiger partial charge in [-0.2, -0.15) is 5.10 Å². The smallest absolute Gasteiger partial charge is 0.279 e. The Kier molecular flexibility index (Phi) is 3.12. The molecule has 1 saturated carbocycles. The first-order chi connectivity index (χ1) is 10.7. The summed E-state index contributed by atoms with van der Waals surface area (Å²) >= 11 is 2.56. The second-order valence-electron chi connectivity index (χ2n) is 4.82. The van der Waals surface area contributed by atoms with Gasteiger partial charge in [0, 0.05) is 17.5 Å². The molecule has 0 radical (unpaired) electrons. The summed E-state index contributed by atoms with van der Waals surface area (Å²) < 4.78 is 0.611. The highest BCUT2D eigenvalue weighted by atomic mass is 32.1. The number of rotatable bonds is 4. The van der Waals surface area contributed by atoms with Crippen LogP contribution in [-0.2, 0) is 4.79 Å². The fourth-order valence-corrected chi connectivity index (χ4v) is 3.35. The highest BCUT2D eigenvalue weighted by Crippen LogP contribution is 2.32. The lowest BCUT2D eigenvalue weighted by molar-refractivity contribution is -0.117. The van der Waals surface area contributed by atoms with Crippen LogP contribution in [0.1, 0.15) is 23.3 Å². The number of hydrogen-bond donors (Lipinski definition) is 3. The van der Waals surface area contributed by atoms with E-state index < -0.39 is 0 Å². The standard InChI is InChI=1S/C12H10N6O2S2/c19-9(5-1-2-5)15-12-14-8-7(22-12)6(17-18-8)10(20)16-11-13-3-4-21-11/h3-5H,1-2H2,(H,13,16,20)(H2,14,15,17,18,19). The number of nitrogens with zero attached hydrogens (tertiary/aromatic N) is 3. The van der Waals surface area contributed by atoms with Crippen molar-refractivity contribution in [3.05, 3.63) is 17.3 Å². The van der Waals surface area contributed by atoms with Gasteiger partial charge >= 0.3 is 0 Å². The molecule has 112 valence electrons. The molecular formula is C12H10N6O2S2. The van der Waals surface area contributed by atoms with E-state index in [2.05, 4.69) is 30.8 Å². The van der Waals surface area contributed by atoms with Crippen LogP contribution >= 0.6 is 22.7 Å². The molecule has 0 bridgehead atoms. The monoisotopic (exact) mass is 334 g/mol. The van der Waals surface area contributed by atoms with E-state index in [0.717, 1.165) is 12.8 Å². The van der Waals surface area contributed by atoms with Crippen molar-refractivity contribution in [2.75, 3.05) is 10.6 Å². The average Bonchev–Trinajstić information content (AvgIpc) is 2.89. The molecule has 2 amide bonds. The number of nitrogens with one attached hydrogen (secondary N) is 3. The molecule has 1 aliphatic carbocycles. The second-order valence-corrected chi connectivity index (χ2v) is 6.72. The number of carbonyl (C=O) groups excluding carboxylic acids is 2. The van der Waals surface area contributed by atoms with E-state index in [0.29, 0.717) is 20.6 Å². The number of carbonyl (C=O) groups is 2. The number of hydrogen-bond acceptors (Lipinski definition) is 7. The largest absolute Gasteiger partial charge is 0.302 e. The molecule has 3 heterocycles. The maximum atomic E-state index is 12.2. The number of anilines is 2. The van der Waals surface area contributed by atoms with E-state index in [9.17, 15) is 9.59 Å². The summed E-state index contributed by atoms with van der Waals surface area (Å²) in [5.41, 5.74) is 0.731. The Hall–Kier alpha value is -2.33. The van der Waals surface area contributed by atoms with Gasteiger partial charge in [0.1, 0.15) is 4.70 Å². The first-order valence-electron chi connectivity index (χ1n) is 6.57. The molecule has 0 aliphatic heterocycles. The summed E-state index contributed by atoms with van der Waals surface area (Å²) in [5.74, 6) is -0.267.